The van der Waals surface area contributed by atoms with Crippen molar-refractivity contribution in [2.24, 2.45) is 5.92 Å². The zero-order valence-corrected chi connectivity index (χ0v) is 18.1. The van der Waals surface area contributed by atoms with Gasteiger partial charge in [-0.05, 0) is 73.4 Å². The second kappa shape index (κ2) is 8.99. The Bertz CT molecular complexity index is 1190. The fraction of sp³-hybridized carbons (Fsp3) is 0.174. The molecular weight excluding hydrogens is 436 g/mol. The van der Waals surface area contributed by atoms with E-state index < -0.39 is 10.0 Å². The summed E-state index contributed by atoms with van der Waals surface area (Å²) in [7, 11) is -3.87. The highest BCUT2D eigenvalue weighted by Crippen LogP contribution is 2.29. The molecule has 1 fully saturated rings. The summed E-state index contributed by atoms with van der Waals surface area (Å²) in [4.78, 5) is 12.6. The zero-order chi connectivity index (χ0) is 21.8. The van der Waals surface area contributed by atoms with Gasteiger partial charge in [-0.2, -0.15) is 0 Å². The van der Waals surface area contributed by atoms with Crippen LogP contribution in [-0.2, 0) is 10.0 Å². The lowest BCUT2D eigenvalue weighted by Crippen LogP contribution is -2.15. The van der Waals surface area contributed by atoms with Gasteiger partial charge in [0, 0.05) is 11.3 Å². The molecule has 0 aromatic heterocycles. The van der Waals surface area contributed by atoms with Crippen molar-refractivity contribution in [3.63, 3.8) is 0 Å². The number of sulfonamides is 1. The predicted molar refractivity (Wildman–Crippen MR) is 121 cm³/mol. The van der Waals surface area contributed by atoms with Crippen LogP contribution in [0.5, 0.6) is 5.75 Å². The van der Waals surface area contributed by atoms with Gasteiger partial charge in [0.05, 0.1) is 22.2 Å². The molecule has 0 bridgehead atoms. The van der Waals surface area contributed by atoms with Gasteiger partial charge in [-0.1, -0.05) is 29.8 Å². The van der Waals surface area contributed by atoms with Crippen LogP contribution >= 0.6 is 11.6 Å². The Labute approximate surface area is 186 Å². The van der Waals surface area contributed by atoms with Gasteiger partial charge in [0.25, 0.3) is 15.9 Å². The standard InChI is InChI=1S/C23H21ClN2O4S/c24-21-6-1-2-7-22(21)26-31(28,29)20-5-3-4-18(14-20)25-23(27)17-10-12-19(13-11-17)30-15-16-8-9-16/h1-7,10-14,16,26H,8-9,15H2,(H,25,27). The molecule has 0 aliphatic heterocycles. The molecular formula is C23H21ClN2O4S. The number of carbonyl (C=O) groups excluding carboxylic acids is 1. The van der Waals surface area contributed by atoms with Gasteiger partial charge in [-0.15, -0.1) is 0 Å². The molecule has 0 radical (unpaired) electrons. The van der Waals surface area contributed by atoms with Crippen LogP contribution in [0.15, 0.2) is 77.7 Å². The van der Waals surface area contributed by atoms with Crippen molar-refractivity contribution < 1.29 is 17.9 Å². The molecule has 3 aromatic rings. The molecule has 6 nitrogen and oxygen atoms in total. The highest BCUT2D eigenvalue weighted by atomic mass is 35.5. The fourth-order valence-electron chi connectivity index (χ4n) is 2.89. The number of para-hydroxylation sites is 1. The molecule has 0 heterocycles. The molecule has 0 unspecified atom stereocenters. The highest BCUT2D eigenvalue weighted by molar-refractivity contribution is 7.92. The number of nitrogens with one attached hydrogen (secondary N) is 2. The second-order valence-electron chi connectivity index (χ2n) is 7.35. The van der Waals surface area contributed by atoms with E-state index >= 15 is 0 Å². The summed E-state index contributed by atoms with van der Waals surface area (Å²) in [5.74, 6) is 1.03. The number of hydrogen-bond donors (Lipinski definition) is 2. The molecule has 8 heteroatoms. The quantitative estimate of drug-likeness (QED) is 0.489. The smallest absolute Gasteiger partial charge is 0.262 e. The summed E-state index contributed by atoms with van der Waals surface area (Å²) in [6, 6.07) is 19.5. The number of ether oxygens (including phenoxy) is 1. The van der Waals surface area contributed by atoms with E-state index in [4.69, 9.17) is 16.3 Å². The third-order valence-corrected chi connectivity index (χ3v) is 6.51. The number of anilines is 2. The topological polar surface area (TPSA) is 84.5 Å². The third kappa shape index (κ3) is 5.57. The van der Waals surface area contributed by atoms with Crippen LogP contribution in [-0.4, -0.2) is 20.9 Å². The van der Waals surface area contributed by atoms with E-state index in [9.17, 15) is 13.2 Å². The first-order chi connectivity index (χ1) is 14.9. The van der Waals surface area contributed by atoms with Crippen molar-refractivity contribution in [2.75, 3.05) is 16.6 Å². The highest BCUT2D eigenvalue weighted by Gasteiger charge is 2.22. The SMILES string of the molecule is O=C(Nc1cccc(S(=O)(=O)Nc2ccccc2Cl)c1)c1ccc(OCC2CC2)cc1. The van der Waals surface area contributed by atoms with Crippen LogP contribution in [0.3, 0.4) is 0 Å². The minimum Gasteiger partial charge on any atom is -0.493 e. The maximum atomic E-state index is 12.7. The van der Waals surface area contributed by atoms with Gasteiger partial charge in [0.2, 0.25) is 0 Å². The number of hydrogen-bond acceptors (Lipinski definition) is 4. The van der Waals surface area contributed by atoms with E-state index in [1.807, 2.05) is 0 Å². The van der Waals surface area contributed by atoms with E-state index in [-0.39, 0.29) is 16.5 Å². The van der Waals surface area contributed by atoms with Crippen molar-refractivity contribution in [3.05, 3.63) is 83.4 Å². The number of carbonyl (C=O) groups is 1. The van der Waals surface area contributed by atoms with E-state index in [2.05, 4.69) is 10.0 Å². The first kappa shape index (κ1) is 21.2. The molecule has 1 amide bonds. The molecule has 2 N–H and O–H groups in total. The zero-order valence-electron chi connectivity index (χ0n) is 16.5. The normalized spacial score (nSPS) is 13.5. The summed E-state index contributed by atoms with van der Waals surface area (Å²) in [6.07, 6.45) is 2.42. The van der Waals surface area contributed by atoms with Crippen LogP contribution < -0.4 is 14.8 Å². The fourth-order valence-corrected chi connectivity index (χ4v) is 4.26. The van der Waals surface area contributed by atoms with Crippen molar-refractivity contribution in [1.29, 1.82) is 0 Å². The average molecular weight is 457 g/mol. The van der Waals surface area contributed by atoms with Crippen LogP contribution in [0.2, 0.25) is 5.02 Å². The molecule has 1 aliphatic rings. The minimum atomic E-state index is -3.87. The summed E-state index contributed by atoms with van der Waals surface area (Å²) >= 11 is 6.04. The largest absolute Gasteiger partial charge is 0.493 e. The second-order valence-corrected chi connectivity index (χ2v) is 9.44. The van der Waals surface area contributed by atoms with Crippen LogP contribution in [0.25, 0.3) is 0 Å². The Morgan fingerprint density at radius 2 is 1.74 bits per heavy atom. The van der Waals surface area contributed by atoms with Crippen molar-refractivity contribution in [2.45, 2.75) is 17.7 Å². The Hall–Kier alpha value is -3.03. The first-order valence-electron chi connectivity index (χ1n) is 9.82. The maximum Gasteiger partial charge on any atom is 0.262 e. The molecule has 3 aromatic carbocycles. The van der Waals surface area contributed by atoms with E-state index in [0.29, 0.717) is 28.8 Å². The average Bonchev–Trinajstić information content (AvgIpc) is 3.59. The van der Waals surface area contributed by atoms with Crippen molar-refractivity contribution >= 4 is 38.9 Å². The Morgan fingerprint density at radius 3 is 2.45 bits per heavy atom. The van der Waals surface area contributed by atoms with Gasteiger partial charge >= 0.3 is 0 Å². The Balaban J connectivity index is 1.44. The lowest BCUT2D eigenvalue weighted by molar-refractivity contribution is 0.102. The molecule has 4 rings (SSSR count). The number of benzene rings is 3. The molecule has 0 spiro atoms. The summed E-state index contributed by atoms with van der Waals surface area (Å²) in [6.45, 7) is 0.703. The third-order valence-electron chi connectivity index (χ3n) is 4.82. The van der Waals surface area contributed by atoms with E-state index in [1.54, 1.807) is 60.7 Å². The monoisotopic (exact) mass is 456 g/mol. The lowest BCUT2D eigenvalue weighted by Gasteiger charge is -2.11. The molecule has 160 valence electrons. The Kier molecular flexibility index (Phi) is 6.15. The number of amides is 1. The van der Waals surface area contributed by atoms with E-state index in [1.165, 1.54) is 25.0 Å². The van der Waals surface area contributed by atoms with Gasteiger partial charge < -0.3 is 10.1 Å². The van der Waals surface area contributed by atoms with Crippen LogP contribution in [0.1, 0.15) is 23.2 Å². The van der Waals surface area contributed by atoms with Gasteiger partial charge in [0.1, 0.15) is 5.75 Å². The summed E-state index contributed by atoms with van der Waals surface area (Å²) < 4.78 is 33.6. The predicted octanol–water partition coefficient (Wildman–Crippen LogP) is 5.18. The minimum absolute atomic E-state index is 0.00837. The Morgan fingerprint density at radius 1 is 1.00 bits per heavy atom. The van der Waals surface area contributed by atoms with Crippen molar-refractivity contribution in [1.82, 2.24) is 0 Å². The summed E-state index contributed by atoms with van der Waals surface area (Å²) in [5.41, 5.74) is 1.09. The lowest BCUT2D eigenvalue weighted by atomic mass is 10.2. The molecule has 0 atom stereocenters. The number of halogens is 1. The van der Waals surface area contributed by atoms with Gasteiger partial charge in [-0.3, -0.25) is 9.52 Å². The molecule has 1 aliphatic carbocycles. The number of rotatable bonds is 8. The van der Waals surface area contributed by atoms with Gasteiger partial charge in [-0.25, -0.2) is 8.42 Å². The van der Waals surface area contributed by atoms with Gasteiger partial charge in [0.15, 0.2) is 0 Å². The van der Waals surface area contributed by atoms with Crippen LogP contribution in [0, 0.1) is 5.92 Å². The molecule has 31 heavy (non-hydrogen) atoms. The maximum absolute atomic E-state index is 12.7. The first-order valence-corrected chi connectivity index (χ1v) is 11.7. The van der Waals surface area contributed by atoms with E-state index in [0.717, 1.165) is 5.75 Å². The van der Waals surface area contributed by atoms with Crippen LogP contribution in [0.4, 0.5) is 11.4 Å². The molecule has 0 saturated heterocycles. The van der Waals surface area contributed by atoms with Crippen molar-refractivity contribution in [3.8, 4) is 5.75 Å². The summed E-state index contributed by atoms with van der Waals surface area (Å²) in [5, 5.41) is 3.02. The molecule has 1 saturated carbocycles.